The minimum Gasteiger partial charge on any atom is -0.368 e. The molecule has 3 aromatic rings. The van der Waals surface area contributed by atoms with E-state index in [9.17, 15) is 18.0 Å². The number of hydrogen-bond donors (Lipinski definition) is 4. The highest BCUT2D eigenvalue weighted by atomic mass is 19.4. The number of imidazole rings is 1. The number of anilines is 1. The van der Waals surface area contributed by atoms with E-state index in [-0.39, 0.29) is 23.6 Å². The highest BCUT2D eigenvalue weighted by molar-refractivity contribution is 5.94. The zero-order valence-corrected chi connectivity index (χ0v) is 17.0. The molecule has 1 saturated carbocycles. The molecule has 32 heavy (non-hydrogen) atoms. The predicted molar refractivity (Wildman–Crippen MR) is 112 cm³/mol. The lowest BCUT2D eigenvalue weighted by Gasteiger charge is -2.30. The van der Waals surface area contributed by atoms with Gasteiger partial charge in [0.15, 0.2) is 5.69 Å². The van der Waals surface area contributed by atoms with Crippen LogP contribution in [0.3, 0.4) is 0 Å². The smallest absolute Gasteiger partial charge is 0.368 e. The Hall–Kier alpha value is -3.63. The molecule has 8 nitrogen and oxygen atoms in total. The monoisotopic (exact) mass is 445 g/mol. The average molecular weight is 445 g/mol. The summed E-state index contributed by atoms with van der Waals surface area (Å²) in [6, 6.07) is 8.32. The van der Waals surface area contributed by atoms with Crippen molar-refractivity contribution in [2.75, 3.05) is 5.32 Å². The molecule has 1 amide bonds. The lowest BCUT2D eigenvalue weighted by molar-refractivity contribution is -0.140. The zero-order valence-electron chi connectivity index (χ0n) is 17.0. The van der Waals surface area contributed by atoms with Crippen LogP contribution in [0, 0.1) is 5.41 Å². The van der Waals surface area contributed by atoms with Crippen molar-refractivity contribution in [2.45, 2.75) is 43.9 Å². The van der Waals surface area contributed by atoms with Crippen molar-refractivity contribution < 1.29 is 18.0 Å². The van der Waals surface area contributed by atoms with E-state index in [1.54, 1.807) is 30.5 Å². The van der Waals surface area contributed by atoms with Crippen LogP contribution >= 0.6 is 0 Å². The zero-order chi connectivity index (χ0) is 22.7. The maximum atomic E-state index is 13.0. The third-order valence-electron chi connectivity index (χ3n) is 5.46. The van der Waals surface area contributed by atoms with Crippen molar-refractivity contribution in [3.8, 4) is 0 Å². The number of carbonyl (C=O) groups is 1. The number of carbonyl (C=O) groups excluding carboxylic acids is 1. The number of nitrogens with one attached hydrogen (secondary N) is 4. The van der Waals surface area contributed by atoms with Crippen LogP contribution in [0.2, 0.25) is 0 Å². The second-order valence-corrected chi connectivity index (χ2v) is 7.65. The predicted octanol–water partition coefficient (Wildman–Crippen LogP) is 3.34. The number of rotatable bonds is 5. The van der Waals surface area contributed by atoms with Gasteiger partial charge in [-0.05, 0) is 49.9 Å². The molecule has 168 valence electrons. The van der Waals surface area contributed by atoms with Crippen LogP contribution in [0.25, 0.3) is 5.65 Å². The lowest BCUT2D eigenvalue weighted by Crippen LogP contribution is -2.40. The van der Waals surface area contributed by atoms with Crippen LogP contribution in [0.1, 0.15) is 41.7 Å². The quantitative estimate of drug-likeness (QED) is 0.357. The van der Waals surface area contributed by atoms with E-state index in [2.05, 4.69) is 25.6 Å². The molecule has 1 aliphatic carbocycles. The molecule has 1 aliphatic rings. The number of aromatic amines is 1. The van der Waals surface area contributed by atoms with Gasteiger partial charge in [0.25, 0.3) is 5.91 Å². The number of amides is 1. The summed E-state index contributed by atoms with van der Waals surface area (Å²) in [5.74, 6) is 0.367. The first-order chi connectivity index (χ1) is 15.3. The molecule has 0 spiro atoms. The molecule has 11 heteroatoms. The van der Waals surface area contributed by atoms with Gasteiger partial charge in [-0.1, -0.05) is 6.07 Å². The fourth-order valence-electron chi connectivity index (χ4n) is 3.83. The first-order valence-electron chi connectivity index (χ1n) is 10.2. The molecule has 0 radical (unpaired) electrons. The van der Waals surface area contributed by atoms with E-state index in [1.807, 2.05) is 0 Å². The van der Waals surface area contributed by atoms with E-state index < -0.39 is 11.9 Å². The number of alkyl halides is 3. The molecule has 0 aliphatic heterocycles. The number of aromatic nitrogens is 3. The summed E-state index contributed by atoms with van der Waals surface area (Å²) in [5, 5.41) is 13.3. The molecule has 1 fully saturated rings. The Bertz CT molecular complexity index is 1170. The van der Waals surface area contributed by atoms with Gasteiger partial charge >= 0.3 is 6.18 Å². The summed E-state index contributed by atoms with van der Waals surface area (Å²) in [7, 11) is 0. The Balaban J connectivity index is 1.35. The molecule has 0 unspecified atom stereocenters. The SMILES string of the molecule is N=C/N=c1/ccc(C(=O)N[C@H]2CC[C@@H](Nc3cccc4nc(C(F)(F)F)cn34)CC2)c[nH]1. The lowest BCUT2D eigenvalue weighted by atomic mass is 9.91. The van der Waals surface area contributed by atoms with E-state index in [1.165, 1.54) is 10.5 Å². The van der Waals surface area contributed by atoms with Crippen LogP contribution in [-0.2, 0) is 6.18 Å². The van der Waals surface area contributed by atoms with Gasteiger partial charge < -0.3 is 15.6 Å². The van der Waals surface area contributed by atoms with E-state index in [0.29, 0.717) is 16.9 Å². The summed E-state index contributed by atoms with van der Waals surface area (Å²) in [4.78, 5) is 22.8. The third kappa shape index (κ3) is 4.82. The Labute approximate surface area is 181 Å². The van der Waals surface area contributed by atoms with Gasteiger partial charge in [-0.25, -0.2) is 9.98 Å². The standard InChI is InChI=1S/C21H22F3N7O/c22-21(23,24)16-11-31-18(2-1-3-19(31)30-16)28-14-5-7-15(8-6-14)29-20(32)13-4-9-17(26-10-13)27-12-25/h1-4,9-12,14-15,28H,5-8H2,(H,29,32)(H2,25,26,27)/t14-,15+. The van der Waals surface area contributed by atoms with Gasteiger partial charge in [0.2, 0.25) is 0 Å². The fourth-order valence-corrected chi connectivity index (χ4v) is 3.83. The van der Waals surface area contributed by atoms with Gasteiger partial charge in [-0.3, -0.25) is 14.6 Å². The van der Waals surface area contributed by atoms with E-state index in [4.69, 9.17) is 5.41 Å². The first-order valence-corrected chi connectivity index (χ1v) is 10.2. The molecule has 4 N–H and O–H groups in total. The van der Waals surface area contributed by atoms with Crippen LogP contribution in [0.15, 0.2) is 47.7 Å². The molecule has 0 saturated heterocycles. The minimum absolute atomic E-state index is 0.0207. The molecular weight excluding hydrogens is 423 g/mol. The number of hydrogen-bond acceptors (Lipinski definition) is 4. The molecule has 0 atom stereocenters. The van der Waals surface area contributed by atoms with Gasteiger partial charge in [-0.2, -0.15) is 13.2 Å². The number of nitrogens with zero attached hydrogens (tertiary/aromatic N) is 3. The number of fused-ring (bicyclic) bond motifs is 1. The van der Waals surface area contributed by atoms with Gasteiger partial charge in [0, 0.05) is 24.5 Å². The number of halogens is 3. The Kier molecular flexibility index (Phi) is 5.97. The maximum absolute atomic E-state index is 13.0. The van der Waals surface area contributed by atoms with E-state index >= 15 is 0 Å². The molecule has 0 aromatic carbocycles. The fraction of sp³-hybridized carbons (Fsp3) is 0.333. The van der Waals surface area contributed by atoms with E-state index in [0.717, 1.165) is 38.2 Å². The second-order valence-electron chi connectivity index (χ2n) is 7.65. The van der Waals surface area contributed by atoms with Crippen molar-refractivity contribution in [1.29, 1.82) is 5.41 Å². The maximum Gasteiger partial charge on any atom is 0.434 e. The minimum atomic E-state index is -4.49. The van der Waals surface area contributed by atoms with Crippen LogP contribution in [-0.4, -0.2) is 38.7 Å². The van der Waals surface area contributed by atoms with Crippen LogP contribution in [0.4, 0.5) is 19.0 Å². The van der Waals surface area contributed by atoms with Crippen molar-refractivity contribution in [2.24, 2.45) is 4.99 Å². The van der Waals surface area contributed by atoms with Gasteiger partial charge in [-0.15, -0.1) is 0 Å². The highest BCUT2D eigenvalue weighted by Gasteiger charge is 2.34. The summed E-state index contributed by atoms with van der Waals surface area (Å²) < 4.78 is 40.4. The number of H-pyrrole nitrogens is 1. The molecule has 4 rings (SSSR count). The Morgan fingerprint density at radius 1 is 1.19 bits per heavy atom. The topological polar surface area (TPSA) is 110 Å². The first kappa shape index (κ1) is 21.6. The third-order valence-corrected chi connectivity index (χ3v) is 5.46. The summed E-state index contributed by atoms with van der Waals surface area (Å²) in [6.07, 6.45) is 2.01. The summed E-state index contributed by atoms with van der Waals surface area (Å²) >= 11 is 0. The van der Waals surface area contributed by atoms with Crippen LogP contribution < -0.4 is 16.1 Å². The van der Waals surface area contributed by atoms with Gasteiger partial charge in [0.05, 0.1) is 5.56 Å². The summed E-state index contributed by atoms with van der Waals surface area (Å²) in [5.41, 5.74) is 0.272. The highest BCUT2D eigenvalue weighted by Crippen LogP contribution is 2.30. The van der Waals surface area contributed by atoms with Crippen molar-refractivity contribution >= 4 is 23.7 Å². The van der Waals surface area contributed by atoms with Crippen molar-refractivity contribution in [3.05, 3.63) is 59.5 Å². The second kappa shape index (κ2) is 8.85. The molecular formula is C21H22F3N7O. The molecule has 0 bridgehead atoms. The normalized spacial score (nSPS) is 19.7. The largest absolute Gasteiger partial charge is 0.434 e. The van der Waals surface area contributed by atoms with Crippen molar-refractivity contribution in [3.63, 3.8) is 0 Å². The van der Waals surface area contributed by atoms with Crippen LogP contribution in [0.5, 0.6) is 0 Å². The Morgan fingerprint density at radius 3 is 2.59 bits per heavy atom. The molecule has 3 aromatic heterocycles. The van der Waals surface area contributed by atoms with Gasteiger partial charge in [0.1, 0.15) is 23.3 Å². The average Bonchev–Trinajstić information content (AvgIpc) is 3.22. The van der Waals surface area contributed by atoms with Crippen molar-refractivity contribution in [1.82, 2.24) is 19.7 Å². The number of pyridine rings is 2. The summed E-state index contributed by atoms with van der Waals surface area (Å²) in [6.45, 7) is 0. The molecule has 3 heterocycles. The Morgan fingerprint density at radius 2 is 1.94 bits per heavy atom.